The molecular formula is C13H22ClN5O. The summed E-state index contributed by atoms with van der Waals surface area (Å²) in [5.74, 6) is 5.38. The molecule has 0 spiro atoms. The first kappa shape index (κ1) is 16.7. The SMILES string of the molecule is CCN(CC)CC(C)NC(=O)c1nc(NN)ccc1Cl. The molecule has 7 heteroatoms. The minimum absolute atomic E-state index is 0.00904. The van der Waals surface area contributed by atoms with Crippen LogP contribution < -0.4 is 16.6 Å². The summed E-state index contributed by atoms with van der Waals surface area (Å²) in [5, 5.41) is 3.19. The van der Waals surface area contributed by atoms with Gasteiger partial charge in [-0.25, -0.2) is 10.8 Å². The number of pyridine rings is 1. The minimum Gasteiger partial charge on any atom is -0.347 e. The maximum Gasteiger partial charge on any atom is 0.271 e. The van der Waals surface area contributed by atoms with Crippen LogP contribution in [0.3, 0.4) is 0 Å². The van der Waals surface area contributed by atoms with Gasteiger partial charge in [-0.2, -0.15) is 0 Å². The van der Waals surface area contributed by atoms with Crippen molar-refractivity contribution in [1.29, 1.82) is 0 Å². The van der Waals surface area contributed by atoms with Crippen LogP contribution in [0.15, 0.2) is 12.1 Å². The number of hydrogen-bond acceptors (Lipinski definition) is 5. The van der Waals surface area contributed by atoms with Crippen molar-refractivity contribution in [2.24, 2.45) is 5.84 Å². The number of halogens is 1. The van der Waals surface area contributed by atoms with E-state index in [1.54, 1.807) is 12.1 Å². The number of hydrogen-bond donors (Lipinski definition) is 3. The monoisotopic (exact) mass is 299 g/mol. The molecule has 0 aliphatic rings. The molecule has 0 saturated heterocycles. The van der Waals surface area contributed by atoms with Gasteiger partial charge in [-0.1, -0.05) is 25.4 Å². The number of nitrogens with one attached hydrogen (secondary N) is 2. The molecule has 6 nitrogen and oxygen atoms in total. The van der Waals surface area contributed by atoms with E-state index in [2.05, 4.69) is 34.5 Å². The first-order valence-electron chi connectivity index (χ1n) is 6.68. The molecule has 1 rings (SSSR count). The van der Waals surface area contributed by atoms with Crippen molar-refractivity contribution in [3.05, 3.63) is 22.8 Å². The van der Waals surface area contributed by atoms with E-state index in [-0.39, 0.29) is 17.6 Å². The van der Waals surface area contributed by atoms with E-state index < -0.39 is 0 Å². The Morgan fingerprint density at radius 2 is 2.10 bits per heavy atom. The Morgan fingerprint density at radius 1 is 1.45 bits per heavy atom. The third-order valence-electron chi connectivity index (χ3n) is 3.01. The Labute approximate surface area is 124 Å². The summed E-state index contributed by atoms with van der Waals surface area (Å²) in [6, 6.07) is 3.21. The molecule has 20 heavy (non-hydrogen) atoms. The van der Waals surface area contributed by atoms with Crippen molar-refractivity contribution >= 4 is 23.3 Å². The molecule has 0 bridgehead atoms. The number of hydrazine groups is 1. The van der Waals surface area contributed by atoms with Crippen LogP contribution in [0.5, 0.6) is 0 Å². The third kappa shape index (κ3) is 4.63. The van der Waals surface area contributed by atoms with Crippen molar-refractivity contribution in [3.63, 3.8) is 0 Å². The molecule has 1 amide bonds. The zero-order valence-corrected chi connectivity index (χ0v) is 12.9. The van der Waals surface area contributed by atoms with Gasteiger partial charge in [0.05, 0.1) is 5.02 Å². The fourth-order valence-electron chi connectivity index (χ4n) is 1.89. The number of nitrogens with zero attached hydrogens (tertiary/aromatic N) is 2. The van der Waals surface area contributed by atoms with Crippen LogP contribution in [0, 0.1) is 0 Å². The molecule has 112 valence electrons. The Bertz CT molecular complexity index is 450. The van der Waals surface area contributed by atoms with E-state index in [1.807, 2.05) is 6.92 Å². The standard InChI is InChI=1S/C13H22ClN5O/c1-4-19(5-2)8-9(3)16-13(20)12-10(14)6-7-11(17-12)18-15/h6-7,9H,4-5,8,15H2,1-3H3,(H,16,20)(H,17,18). The molecule has 0 aromatic carbocycles. The lowest BCUT2D eigenvalue weighted by Gasteiger charge is -2.23. The van der Waals surface area contributed by atoms with Gasteiger partial charge in [-0.15, -0.1) is 0 Å². The van der Waals surface area contributed by atoms with E-state index in [0.29, 0.717) is 10.8 Å². The Morgan fingerprint density at radius 3 is 2.65 bits per heavy atom. The second-order valence-corrected chi connectivity index (χ2v) is 4.94. The van der Waals surface area contributed by atoms with Crippen LogP contribution in [0.2, 0.25) is 5.02 Å². The molecule has 0 aliphatic carbocycles. The number of nitrogen functional groups attached to an aromatic ring is 1. The number of likely N-dealkylation sites (N-methyl/N-ethyl adjacent to an activating group) is 1. The lowest BCUT2D eigenvalue weighted by molar-refractivity contribution is 0.0925. The van der Waals surface area contributed by atoms with Crippen LogP contribution in [0.25, 0.3) is 0 Å². The summed E-state index contributed by atoms with van der Waals surface area (Å²) in [4.78, 5) is 18.5. The highest BCUT2D eigenvalue weighted by molar-refractivity contribution is 6.33. The zero-order chi connectivity index (χ0) is 15.1. The molecule has 0 fully saturated rings. The molecular weight excluding hydrogens is 278 g/mol. The lowest BCUT2D eigenvalue weighted by atomic mass is 10.2. The highest BCUT2D eigenvalue weighted by atomic mass is 35.5. The molecule has 1 unspecified atom stereocenters. The summed E-state index contributed by atoms with van der Waals surface area (Å²) in [7, 11) is 0. The highest BCUT2D eigenvalue weighted by Gasteiger charge is 2.16. The van der Waals surface area contributed by atoms with E-state index in [1.165, 1.54) is 0 Å². The van der Waals surface area contributed by atoms with Gasteiger partial charge in [-0.3, -0.25) is 4.79 Å². The van der Waals surface area contributed by atoms with E-state index in [9.17, 15) is 4.79 Å². The van der Waals surface area contributed by atoms with Crippen LogP contribution >= 0.6 is 11.6 Å². The zero-order valence-electron chi connectivity index (χ0n) is 12.1. The molecule has 1 heterocycles. The summed E-state index contributed by atoms with van der Waals surface area (Å²) in [6.07, 6.45) is 0. The smallest absolute Gasteiger partial charge is 0.271 e. The molecule has 4 N–H and O–H groups in total. The Balaban J connectivity index is 2.71. The predicted molar refractivity (Wildman–Crippen MR) is 81.8 cm³/mol. The van der Waals surface area contributed by atoms with Gasteiger partial charge in [-0.05, 0) is 32.1 Å². The quantitative estimate of drug-likeness (QED) is 0.525. The van der Waals surface area contributed by atoms with Crippen molar-refractivity contribution in [3.8, 4) is 0 Å². The molecule has 0 aliphatic heterocycles. The van der Waals surface area contributed by atoms with Crippen LogP contribution in [-0.4, -0.2) is 41.5 Å². The van der Waals surface area contributed by atoms with Crippen LogP contribution in [0.4, 0.5) is 5.82 Å². The molecule has 1 aromatic heterocycles. The largest absolute Gasteiger partial charge is 0.347 e. The van der Waals surface area contributed by atoms with Crippen molar-refractivity contribution in [1.82, 2.24) is 15.2 Å². The van der Waals surface area contributed by atoms with Crippen LogP contribution in [0.1, 0.15) is 31.3 Å². The minimum atomic E-state index is -0.299. The number of nitrogens with two attached hydrogens (primary N) is 1. The number of carbonyl (C=O) groups excluding carboxylic acids is 1. The van der Waals surface area contributed by atoms with Crippen molar-refractivity contribution in [2.45, 2.75) is 26.8 Å². The van der Waals surface area contributed by atoms with Crippen molar-refractivity contribution in [2.75, 3.05) is 25.1 Å². The first-order chi connectivity index (χ1) is 9.51. The van der Waals surface area contributed by atoms with Gasteiger partial charge in [0.15, 0.2) is 0 Å². The van der Waals surface area contributed by atoms with Crippen LogP contribution in [-0.2, 0) is 0 Å². The number of amides is 1. The van der Waals surface area contributed by atoms with E-state index in [0.717, 1.165) is 19.6 Å². The van der Waals surface area contributed by atoms with Gasteiger partial charge >= 0.3 is 0 Å². The number of anilines is 1. The van der Waals surface area contributed by atoms with Gasteiger partial charge in [0.2, 0.25) is 0 Å². The number of rotatable bonds is 7. The average molecular weight is 300 g/mol. The third-order valence-corrected chi connectivity index (χ3v) is 3.32. The topological polar surface area (TPSA) is 83.3 Å². The summed E-state index contributed by atoms with van der Waals surface area (Å²) in [5.41, 5.74) is 2.57. The normalized spacial score (nSPS) is 12.3. The molecule has 0 radical (unpaired) electrons. The maximum atomic E-state index is 12.2. The fourth-order valence-corrected chi connectivity index (χ4v) is 2.08. The van der Waals surface area contributed by atoms with Gasteiger partial charge < -0.3 is 15.6 Å². The Hall–Kier alpha value is -1.37. The van der Waals surface area contributed by atoms with E-state index >= 15 is 0 Å². The fraction of sp³-hybridized carbons (Fsp3) is 0.538. The maximum absolute atomic E-state index is 12.2. The summed E-state index contributed by atoms with van der Waals surface area (Å²) in [6.45, 7) is 8.81. The molecule has 1 aromatic rings. The van der Waals surface area contributed by atoms with Gasteiger partial charge in [0, 0.05) is 12.6 Å². The number of aromatic nitrogens is 1. The first-order valence-corrected chi connectivity index (χ1v) is 7.05. The second kappa shape index (κ2) is 8.04. The summed E-state index contributed by atoms with van der Waals surface area (Å²) < 4.78 is 0. The summed E-state index contributed by atoms with van der Waals surface area (Å²) >= 11 is 5.99. The number of carbonyl (C=O) groups is 1. The van der Waals surface area contributed by atoms with Gasteiger partial charge in [0.1, 0.15) is 11.5 Å². The molecule has 0 saturated carbocycles. The predicted octanol–water partition coefficient (Wildman–Crippen LogP) is 1.48. The Kier molecular flexibility index (Phi) is 6.70. The van der Waals surface area contributed by atoms with Crippen molar-refractivity contribution < 1.29 is 4.79 Å². The van der Waals surface area contributed by atoms with Gasteiger partial charge in [0.25, 0.3) is 5.91 Å². The van der Waals surface area contributed by atoms with E-state index in [4.69, 9.17) is 17.4 Å². The average Bonchev–Trinajstić information content (AvgIpc) is 2.45. The lowest BCUT2D eigenvalue weighted by Crippen LogP contribution is -2.42. The highest BCUT2D eigenvalue weighted by Crippen LogP contribution is 2.16. The second-order valence-electron chi connectivity index (χ2n) is 4.53. The molecule has 1 atom stereocenters.